The highest BCUT2D eigenvalue weighted by Gasteiger charge is 2.12. The molecule has 1 aliphatic carbocycles. The van der Waals surface area contributed by atoms with Crippen LogP contribution in [0.5, 0.6) is 0 Å². The number of rotatable bonds is 4. The number of hydrogen-bond donors (Lipinski definition) is 1. The molecular weight excluding hydrogens is 382 g/mol. The second-order valence-electron chi connectivity index (χ2n) is 7.12. The van der Waals surface area contributed by atoms with Gasteiger partial charge in [0.25, 0.3) is 0 Å². The van der Waals surface area contributed by atoms with Crippen molar-refractivity contribution in [2.75, 3.05) is 5.32 Å². The van der Waals surface area contributed by atoms with Gasteiger partial charge in [0.1, 0.15) is 5.01 Å². The number of thiocarbonyl (C=S) groups is 1. The Morgan fingerprint density at radius 3 is 2.93 bits per heavy atom. The van der Waals surface area contributed by atoms with E-state index >= 15 is 0 Å². The average molecular weight is 402 g/mol. The average Bonchev–Trinajstić information content (AvgIpc) is 3.34. The number of anilines is 1. The van der Waals surface area contributed by atoms with Crippen LogP contribution in [0.3, 0.4) is 0 Å². The van der Waals surface area contributed by atoms with Gasteiger partial charge in [0, 0.05) is 30.1 Å². The number of benzene rings is 2. The lowest BCUT2D eigenvalue weighted by Crippen LogP contribution is -2.12. The van der Waals surface area contributed by atoms with Crippen LogP contribution in [0.1, 0.15) is 23.1 Å². The fourth-order valence-corrected chi connectivity index (χ4v) is 4.97. The quantitative estimate of drug-likeness (QED) is 0.437. The number of nitrogens with zero attached hydrogens (tertiary/aromatic N) is 2. The Kier molecular flexibility index (Phi) is 4.63. The van der Waals surface area contributed by atoms with Crippen molar-refractivity contribution in [3.63, 3.8) is 0 Å². The second-order valence-corrected chi connectivity index (χ2v) is 8.65. The van der Waals surface area contributed by atoms with Gasteiger partial charge in [-0.1, -0.05) is 36.5 Å². The van der Waals surface area contributed by atoms with Crippen LogP contribution in [0.25, 0.3) is 20.8 Å². The van der Waals surface area contributed by atoms with E-state index in [-0.39, 0.29) is 0 Å². The summed E-state index contributed by atoms with van der Waals surface area (Å²) in [6.07, 6.45) is 8.01. The third-order valence-corrected chi connectivity index (χ3v) is 6.41. The van der Waals surface area contributed by atoms with Crippen LogP contribution in [0.4, 0.5) is 5.69 Å². The topological polar surface area (TPSA) is 37.8 Å². The fourth-order valence-electron chi connectivity index (χ4n) is 3.76. The zero-order chi connectivity index (χ0) is 18.9. The van der Waals surface area contributed by atoms with Crippen molar-refractivity contribution in [3.05, 3.63) is 77.6 Å². The lowest BCUT2D eigenvalue weighted by molar-refractivity contribution is 0.912. The number of nitrogens with one attached hydrogen (secondary N) is 1. The first kappa shape index (κ1) is 17.5. The molecule has 0 aliphatic heterocycles. The molecule has 5 rings (SSSR count). The molecule has 2 aromatic carbocycles. The maximum atomic E-state index is 5.63. The molecule has 0 saturated carbocycles. The van der Waals surface area contributed by atoms with Gasteiger partial charge >= 0.3 is 0 Å². The van der Waals surface area contributed by atoms with Crippen LogP contribution in [-0.2, 0) is 19.3 Å². The van der Waals surface area contributed by atoms with E-state index in [2.05, 4.69) is 52.8 Å². The first-order valence-electron chi connectivity index (χ1n) is 9.46. The highest BCUT2D eigenvalue weighted by molar-refractivity contribution is 7.80. The summed E-state index contributed by atoms with van der Waals surface area (Å²) in [5, 5.41) is 4.43. The predicted octanol–water partition coefficient (Wildman–Crippen LogP) is 5.83. The number of thiazole rings is 1. The molecule has 1 N–H and O–H groups in total. The van der Waals surface area contributed by atoms with E-state index in [1.807, 2.05) is 12.3 Å². The summed E-state index contributed by atoms with van der Waals surface area (Å²) in [5.41, 5.74) is 7.34. The van der Waals surface area contributed by atoms with Crippen LogP contribution in [0.2, 0.25) is 0 Å². The lowest BCUT2D eigenvalue weighted by atomic mass is 10.1. The summed E-state index contributed by atoms with van der Waals surface area (Å²) in [4.78, 5) is 9.75. The normalized spacial score (nSPS) is 12.9. The van der Waals surface area contributed by atoms with Crippen molar-refractivity contribution in [2.24, 2.45) is 0 Å². The Balaban J connectivity index is 1.32. The fraction of sp³-hybridized carbons (Fsp3) is 0.174. The van der Waals surface area contributed by atoms with E-state index in [0.717, 1.165) is 31.5 Å². The summed E-state index contributed by atoms with van der Waals surface area (Å²) >= 11 is 7.30. The molecule has 0 fully saturated rings. The summed E-state index contributed by atoms with van der Waals surface area (Å²) in [7, 11) is 0. The van der Waals surface area contributed by atoms with Crippen LogP contribution in [-0.4, -0.2) is 15.0 Å². The summed E-state index contributed by atoms with van der Waals surface area (Å²) < 4.78 is 1.11. The van der Waals surface area contributed by atoms with E-state index in [1.165, 1.54) is 36.0 Å². The van der Waals surface area contributed by atoms with Gasteiger partial charge in [-0.15, -0.1) is 11.3 Å². The zero-order valence-electron chi connectivity index (χ0n) is 15.3. The minimum absolute atomic E-state index is 0.715. The Morgan fingerprint density at radius 1 is 1.07 bits per heavy atom. The molecule has 0 unspecified atom stereocenters. The molecule has 2 aromatic heterocycles. The van der Waals surface area contributed by atoms with E-state index in [4.69, 9.17) is 17.2 Å². The van der Waals surface area contributed by atoms with Gasteiger partial charge < -0.3 is 5.32 Å². The van der Waals surface area contributed by atoms with Gasteiger partial charge in [-0.25, -0.2) is 4.98 Å². The Hall–Kier alpha value is -2.63. The number of aryl methyl sites for hydroxylation is 2. The van der Waals surface area contributed by atoms with E-state index in [1.54, 1.807) is 17.5 Å². The molecule has 3 nitrogen and oxygen atoms in total. The number of hydrogen-bond acceptors (Lipinski definition) is 4. The van der Waals surface area contributed by atoms with Gasteiger partial charge in [0.05, 0.1) is 15.2 Å². The Morgan fingerprint density at radius 2 is 2.00 bits per heavy atom. The molecular formula is C23H19N3S2. The van der Waals surface area contributed by atoms with Crippen LogP contribution < -0.4 is 5.32 Å². The smallest absolute Gasteiger partial charge is 0.124 e. The SMILES string of the molecule is S=C(Cc1cccc(-c2nc3ccncc3s2)c1)Nc1ccc2c(c1)CCC2. The summed E-state index contributed by atoms with van der Waals surface area (Å²) in [5.74, 6) is 0. The van der Waals surface area contributed by atoms with Crippen LogP contribution in [0.15, 0.2) is 60.9 Å². The minimum Gasteiger partial charge on any atom is -0.350 e. The number of pyridine rings is 1. The van der Waals surface area contributed by atoms with Crippen molar-refractivity contribution in [3.8, 4) is 10.6 Å². The van der Waals surface area contributed by atoms with E-state index in [9.17, 15) is 0 Å². The molecule has 4 aromatic rings. The van der Waals surface area contributed by atoms with Crippen LogP contribution in [0, 0.1) is 0 Å². The third-order valence-electron chi connectivity index (χ3n) is 5.11. The van der Waals surface area contributed by atoms with Gasteiger partial charge in [0.15, 0.2) is 0 Å². The number of fused-ring (bicyclic) bond motifs is 2. The largest absolute Gasteiger partial charge is 0.350 e. The van der Waals surface area contributed by atoms with Crippen molar-refractivity contribution in [1.29, 1.82) is 0 Å². The maximum Gasteiger partial charge on any atom is 0.124 e. The van der Waals surface area contributed by atoms with Gasteiger partial charge in [-0.05, 0) is 60.2 Å². The van der Waals surface area contributed by atoms with Gasteiger partial charge in [-0.3, -0.25) is 4.98 Å². The maximum absolute atomic E-state index is 5.63. The highest BCUT2D eigenvalue weighted by Crippen LogP contribution is 2.30. The van der Waals surface area contributed by atoms with Crippen molar-refractivity contribution >= 4 is 44.4 Å². The molecule has 0 spiro atoms. The first-order chi connectivity index (χ1) is 13.7. The van der Waals surface area contributed by atoms with Gasteiger partial charge in [-0.2, -0.15) is 0 Å². The first-order valence-corrected chi connectivity index (χ1v) is 10.7. The molecule has 2 heterocycles. The standard InChI is InChI=1S/C23H19N3S2/c27-22(25-19-8-7-16-4-2-5-17(16)13-19)12-15-3-1-6-18(11-15)23-26-20-9-10-24-14-21(20)28-23/h1,3,6-11,13-14H,2,4-5,12H2,(H,25,27). The summed E-state index contributed by atoms with van der Waals surface area (Å²) in [6.45, 7) is 0. The minimum atomic E-state index is 0.715. The summed E-state index contributed by atoms with van der Waals surface area (Å²) in [6, 6.07) is 17.1. The molecule has 5 heteroatoms. The predicted molar refractivity (Wildman–Crippen MR) is 121 cm³/mol. The van der Waals surface area contributed by atoms with Crippen molar-refractivity contribution in [1.82, 2.24) is 9.97 Å². The lowest BCUT2D eigenvalue weighted by Gasteiger charge is -2.10. The van der Waals surface area contributed by atoms with Crippen molar-refractivity contribution in [2.45, 2.75) is 25.7 Å². The molecule has 0 bridgehead atoms. The molecule has 0 saturated heterocycles. The molecule has 1 aliphatic rings. The highest BCUT2D eigenvalue weighted by atomic mass is 32.1. The molecule has 0 radical (unpaired) electrons. The Bertz CT molecular complexity index is 1150. The van der Waals surface area contributed by atoms with Crippen LogP contribution >= 0.6 is 23.6 Å². The number of aromatic nitrogens is 2. The molecule has 138 valence electrons. The van der Waals surface area contributed by atoms with E-state index < -0.39 is 0 Å². The second kappa shape index (κ2) is 7.41. The van der Waals surface area contributed by atoms with Gasteiger partial charge in [0.2, 0.25) is 0 Å². The third kappa shape index (κ3) is 3.55. The monoisotopic (exact) mass is 401 g/mol. The van der Waals surface area contributed by atoms with E-state index in [0.29, 0.717) is 6.42 Å². The molecule has 0 atom stereocenters. The zero-order valence-corrected chi connectivity index (χ0v) is 16.9. The Labute approximate surface area is 173 Å². The molecule has 0 amide bonds. The molecule has 28 heavy (non-hydrogen) atoms. The van der Waals surface area contributed by atoms with Crippen molar-refractivity contribution < 1.29 is 0 Å².